The average molecular weight is 293 g/mol. The van der Waals surface area contributed by atoms with Crippen LogP contribution < -0.4 is 0 Å². The Kier molecular flexibility index (Phi) is 5.01. The molecule has 1 aliphatic heterocycles. The van der Waals surface area contributed by atoms with Crippen LogP contribution in [0.15, 0.2) is 12.1 Å². The third-order valence-electron chi connectivity index (χ3n) is 4.03. The summed E-state index contributed by atoms with van der Waals surface area (Å²) in [5, 5.41) is 0. The Balaban J connectivity index is 1.90. The van der Waals surface area contributed by atoms with Gasteiger partial charge in [-0.25, -0.2) is 0 Å². The number of hydrogen-bond donors (Lipinski definition) is 0. The maximum Gasteiger partial charge on any atom is 0.270 e. The number of aromatic nitrogens is 1. The van der Waals surface area contributed by atoms with Crippen molar-refractivity contribution in [1.82, 2.24) is 14.4 Å². The molecule has 0 aromatic carbocycles. The van der Waals surface area contributed by atoms with Crippen LogP contribution in [0.25, 0.3) is 0 Å². The van der Waals surface area contributed by atoms with E-state index >= 15 is 0 Å². The van der Waals surface area contributed by atoms with Gasteiger partial charge < -0.3 is 19.1 Å². The van der Waals surface area contributed by atoms with Crippen LogP contribution in [0.4, 0.5) is 0 Å². The molecular formula is C15H23N3O3. The lowest BCUT2D eigenvalue weighted by atomic mass is 10.2. The monoisotopic (exact) mass is 293 g/mol. The highest BCUT2D eigenvalue weighted by Crippen LogP contribution is 2.12. The van der Waals surface area contributed by atoms with Gasteiger partial charge in [-0.05, 0) is 19.1 Å². The Morgan fingerprint density at radius 3 is 2.29 bits per heavy atom. The first kappa shape index (κ1) is 15.6. The van der Waals surface area contributed by atoms with Gasteiger partial charge in [0, 0.05) is 46.0 Å². The lowest BCUT2D eigenvalue weighted by molar-refractivity contribution is -0.133. The zero-order valence-corrected chi connectivity index (χ0v) is 13.0. The van der Waals surface area contributed by atoms with Gasteiger partial charge in [-0.1, -0.05) is 0 Å². The van der Waals surface area contributed by atoms with Crippen LogP contribution in [0.5, 0.6) is 0 Å². The third-order valence-corrected chi connectivity index (χ3v) is 4.03. The molecule has 0 bridgehead atoms. The summed E-state index contributed by atoms with van der Waals surface area (Å²) in [5.74, 6) is 0.133. The zero-order valence-electron chi connectivity index (χ0n) is 13.0. The summed E-state index contributed by atoms with van der Waals surface area (Å²) in [6.45, 7) is 4.78. The van der Waals surface area contributed by atoms with E-state index in [9.17, 15) is 9.59 Å². The quantitative estimate of drug-likeness (QED) is 0.819. The number of aryl methyl sites for hydroxylation is 1. The molecule has 0 spiro atoms. The number of hydrogen-bond acceptors (Lipinski definition) is 3. The first-order valence-corrected chi connectivity index (χ1v) is 7.23. The molecule has 1 saturated heterocycles. The Bertz CT molecular complexity index is 516. The van der Waals surface area contributed by atoms with Crippen molar-refractivity contribution in [3.63, 3.8) is 0 Å². The predicted molar refractivity (Wildman–Crippen MR) is 79.1 cm³/mol. The molecular weight excluding hydrogens is 270 g/mol. The second-order valence-electron chi connectivity index (χ2n) is 5.33. The zero-order chi connectivity index (χ0) is 15.4. The van der Waals surface area contributed by atoms with Crippen LogP contribution in [0.2, 0.25) is 0 Å². The molecule has 2 rings (SSSR count). The van der Waals surface area contributed by atoms with Gasteiger partial charge in [-0.15, -0.1) is 0 Å². The summed E-state index contributed by atoms with van der Waals surface area (Å²) in [5.41, 5.74) is 1.76. The number of piperazine rings is 1. The van der Waals surface area contributed by atoms with E-state index in [0.717, 1.165) is 5.69 Å². The molecule has 2 heterocycles. The van der Waals surface area contributed by atoms with Gasteiger partial charge >= 0.3 is 0 Å². The Labute approximate surface area is 125 Å². The van der Waals surface area contributed by atoms with E-state index in [-0.39, 0.29) is 11.8 Å². The lowest BCUT2D eigenvalue weighted by Crippen LogP contribution is -2.51. The first-order valence-electron chi connectivity index (χ1n) is 7.23. The Morgan fingerprint density at radius 1 is 1.14 bits per heavy atom. The van der Waals surface area contributed by atoms with Crippen molar-refractivity contribution >= 4 is 11.8 Å². The van der Waals surface area contributed by atoms with Crippen molar-refractivity contribution in [2.24, 2.45) is 7.05 Å². The van der Waals surface area contributed by atoms with Crippen LogP contribution >= 0.6 is 0 Å². The third kappa shape index (κ3) is 3.44. The summed E-state index contributed by atoms with van der Waals surface area (Å²) >= 11 is 0. The van der Waals surface area contributed by atoms with Gasteiger partial charge in [0.05, 0.1) is 13.0 Å². The lowest BCUT2D eigenvalue weighted by Gasteiger charge is -2.34. The largest absolute Gasteiger partial charge is 0.384 e. The molecule has 116 valence electrons. The fraction of sp³-hybridized carbons (Fsp3) is 0.600. The van der Waals surface area contributed by atoms with Crippen molar-refractivity contribution in [2.45, 2.75) is 13.3 Å². The Morgan fingerprint density at radius 2 is 1.76 bits per heavy atom. The van der Waals surface area contributed by atoms with Gasteiger partial charge in [0.2, 0.25) is 5.91 Å². The number of carbonyl (C=O) groups is 2. The van der Waals surface area contributed by atoms with Gasteiger partial charge in [-0.2, -0.15) is 0 Å². The summed E-state index contributed by atoms with van der Waals surface area (Å²) in [6.07, 6.45) is 0.404. The Hall–Kier alpha value is -1.82. The molecule has 6 heteroatoms. The summed E-state index contributed by atoms with van der Waals surface area (Å²) in [6, 6.07) is 3.80. The highest BCUT2D eigenvalue weighted by atomic mass is 16.5. The van der Waals surface area contributed by atoms with Crippen molar-refractivity contribution in [1.29, 1.82) is 0 Å². The molecule has 0 unspecified atom stereocenters. The van der Waals surface area contributed by atoms with E-state index in [0.29, 0.717) is 44.9 Å². The number of carbonyl (C=O) groups excluding carboxylic acids is 2. The molecule has 1 aliphatic rings. The fourth-order valence-corrected chi connectivity index (χ4v) is 2.50. The van der Waals surface area contributed by atoms with E-state index in [1.54, 1.807) is 12.0 Å². The molecule has 6 nitrogen and oxygen atoms in total. The molecule has 0 aliphatic carbocycles. The minimum Gasteiger partial charge on any atom is -0.384 e. The second kappa shape index (κ2) is 6.76. The predicted octanol–water partition coefficient (Wildman–Crippen LogP) is 0.654. The van der Waals surface area contributed by atoms with E-state index < -0.39 is 0 Å². The van der Waals surface area contributed by atoms with Gasteiger partial charge in [-0.3, -0.25) is 9.59 Å². The molecule has 2 amide bonds. The van der Waals surface area contributed by atoms with Gasteiger partial charge in [0.15, 0.2) is 0 Å². The van der Waals surface area contributed by atoms with Crippen LogP contribution in [0.3, 0.4) is 0 Å². The number of ether oxygens (including phenoxy) is 1. The standard InChI is InChI=1S/C15H23N3O3/c1-12-4-5-13(16(12)2)15(20)18-9-7-17(8-10-18)14(19)6-11-21-3/h4-5H,6-11H2,1-3H3. The minimum absolute atomic E-state index is 0.0367. The van der Waals surface area contributed by atoms with E-state index in [4.69, 9.17) is 4.74 Å². The molecule has 0 radical (unpaired) electrons. The molecule has 0 atom stereocenters. The fourth-order valence-electron chi connectivity index (χ4n) is 2.50. The number of nitrogens with zero attached hydrogens (tertiary/aromatic N) is 3. The first-order chi connectivity index (χ1) is 10.0. The van der Waals surface area contributed by atoms with E-state index in [1.807, 2.05) is 35.6 Å². The number of amides is 2. The topological polar surface area (TPSA) is 54.8 Å². The van der Waals surface area contributed by atoms with E-state index in [2.05, 4.69) is 0 Å². The van der Waals surface area contributed by atoms with Crippen LogP contribution in [0.1, 0.15) is 22.6 Å². The smallest absolute Gasteiger partial charge is 0.270 e. The summed E-state index contributed by atoms with van der Waals surface area (Å²) in [7, 11) is 3.48. The number of methoxy groups -OCH3 is 1. The SMILES string of the molecule is COCCC(=O)N1CCN(C(=O)c2ccc(C)n2C)CC1. The molecule has 21 heavy (non-hydrogen) atoms. The van der Waals surface area contributed by atoms with Crippen molar-refractivity contribution in [2.75, 3.05) is 39.9 Å². The van der Waals surface area contributed by atoms with Crippen molar-refractivity contribution < 1.29 is 14.3 Å². The molecule has 1 aromatic heterocycles. The maximum atomic E-state index is 12.5. The van der Waals surface area contributed by atoms with Crippen LogP contribution in [-0.2, 0) is 16.6 Å². The normalized spacial score (nSPS) is 15.4. The maximum absolute atomic E-state index is 12.5. The highest BCUT2D eigenvalue weighted by molar-refractivity contribution is 5.93. The van der Waals surface area contributed by atoms with Gasteiger partial charge in [0.25, 0.3) is 5.91 Å². The molecule has 1 aromatic rings. The molecule has 1 fully saturated rings. The van der Waals surface area contributed by atoms with Crippen molar-refractivity contribution in [3.8, 4) is 0 Å². The minimum atomic E-state index is 0.0367. The van der Waals surface area contributed by atoms with Crippen LogP contribution in [0, 0.1) is 6.92 Å². The highest BCUT2D eigenvalue weighted by Gasteiger charge is 2.25. The van der Waals surface area contributed by atoms with Crippen LogP contribution in [-0.4, -0.2) is 66.1 Å². The summed E-state index contributed by atoms with van der Waals surface area (Å²) in [4.78, 5) is 28.0. The van der Waals surface area contributed by atoms with E-state index in [1.165, 1.54) is 0 Å². The molecule has 0 N–H and O–H groups in total. The second-order valence-corrected chi connectivity index (χ2v) is 5.33. The number of rotatable bonds is 4. The summed E-state index contributed by atoms with van der Waals surface area (Å²) < 4.78 is 6.82. The average Bonchev–Trinajstić information content (AvgIpc) is 2.84. The van der Waals surface area contributed by atoms with Crippen molar-refractivity contribution in [3.05, 3.63) is 23.5 Å². The van der Waals surface area contributed by atoms with Gasteiger partial charge in [0.1, 0.15) is 5.69 Å². The molecule has 0 saturated carbocycles.